The van der Waals surface area contributed by atoms with E-state index in [1.165, 1.54) is 13.0 Å². The Bertz CT molecular complexity index is 501. The largest absolute Gasteiger partial charge is 0.479 e. The fourth-order valence-corrected chi connectivity index (χ4v) is 1.27. The lowest BCUT2D eigenvalue weighted by molar-refractivity contribution is -0.146. The van der Waals surface area contributed by atoms with Crippen molar-refractivity contribution in [3.8, 4) is 0 Å². The molecule has 1 aromatic carbocycles. The van der Waals surface area contributed by atoms with E-state index in [0.717, 1.165) is 0 Å². The Morgan fingerprint density at radius 3 is 2.58 bits per heavy atom. The molecule has 1 aromatic rings. The minimum absolute atomic E-state index is 0.134. The number of hydrogen-bond acceptors (Lipinski definition) is 4. The summed E-state index contributed by atoms with van der Waals surface area (Å²) in [4.78, 5) is 32.9. The first-order valence-corrected chi connectivity index (χ1v) is 5.47. The zero-order chi connectivity index (χ0) is 14.4. The highest BCUT2D eigenvalue weighted by atomic mass is 16.4. The van der Waals surface area contributed by atoms with Gasteiger partial charge in [0.2, 0.25) is 0 Å². The summed E-state index contributed by atoms with van der Waals surface area (Å²) in [7, 11) is 0. The van der Waals surface area contributed by atoms with Crippen LogP contribution in [0.25, 0.3) is 0 Å². The molecule has 0 bridgehead atoms. The lowest BCUT2D eigenvalue weighted by atomic mass is 10.1. The van der Waals surface area contributed by atoms with Gasteiger partial charge in [0.05, 0.1) is 6.54 Å². The van der Waals surface area contributed by atoms with Crippen LogP contribution < -0.4 is 10.6 Å². The number of Topliss-reactive ketones (excluding diaryl/α,β-unsaturated/α-hetero) is 1. The van der Waals surface area contributed by atoms with E-state index >= 15 is 0 Å². The Morgan fingerprint density at radius 2 is 2.00 bits per heavy atom. The van der Waals surface area contributed by atoms with Crippen molar-refractivity contribution in [2.75, 3.05) is 11.9 Å². The molecule has 0 aliphatic carbocycles. The van der Waals surface area contributed by atoms with E-state index in [1.54, 1.807) is 18.2 Å². The number of urea groups is 1. The van der Waals surface area contributed by atoms with E-state index in [0.29, 0.717) is 11.3 Å². The molecule has 7 heteroatoms. The predicted molar refractivity (Wildman–Crippen MR) is 67.1 cm³/mol. The molecule has 7 nitrogen and oxygen atoms in total. The maximum atomic E-state index is 11.4. The van der Waals surface area contributed by atoms with Gasteiger partial charge in [-0.05, 0) is 19.1 Å². The lowest BCUT2D eigenvalue weighted by Crippen LogP contribution is -2.38. The van der Waals surface area contributed by atoms with E-state index in [9.17, 15) is 14.4 Å². The van der Waals surface area contributed by atoms with Crippen molar-refractivity contribution in [2.24, 2.45) is 0 Å². The minimum Gasteiger partial charge on any atom is -0.479 e. The summed E-state index contributed by atoms with van der Waals surface area (Å²) >= 11 is 0. The molecule has 0 saturated carbocycles. The number of aliphatic hydroxyl groups is 1. The number of carboxylic acid groups (broad SMARTS) is 1. The number of carbonyl (C=O) groups excluding carboxylic acids is 2. The summed E-state index contributed by atoms with van der Waals surface area (Å²) < 4.78 is 0. The van der Waals surface area contributed by atoms with Crippen molar-refractivity contribution in [1.29, 1.82) is 0 Å². The number of carboxylic acids is 1. The number of anilines is 1. The minimum atomic E-state index is -1.66. The van der Waals surface area contributed by atoms with Gasteiger partial charge in [-0.15, -0.1) is 0 Å². The molecule has 0 aliphatic heterocycles. The van der Waals surface area contributed by atoms with Crippen LogP contribution in [0.5, 0.6) is 0 Å². The van der Waals surface area contributed by atoms with Gasteiger partial charge in [-0.25, -0.2) is 9.59 Å². The SMILES string of the molecule is CC(=O)c1cccc(NC(=O)NC[C@H](O)C(=O)O)c1. The molecule has 0 spiro atoms. The van der Waals surface area contributed by atoms with Crippen molar-refractivity contribution in [3.63, 3.8) is 0 Å². The number of amides is 2. The van der Waals surface area contributed by atoms with E-state index < -0.39 is 24.6 Å². The number of aliphatic hydroxyl groups excluding tert-OH is 1. The normalized spacial score (nSPS) is 11.5. The van der Waals surface area contributed by atoms with Crippen molar-refractivity contribution in [2.45, 2.75) is 13.0 Å². The number of hydrogen-bond donors (Lipinski definition) is 4. The van der Waals surface area contributed by atoms with Crippen LogP contribution >= 0.6 is 0 Å². The van der Waals surface area contributed by atoms with Gasteiger partial charge in [0.15, 0.2) is 11.9 Å². The molecule has 0 unspecified atom stereocenters. The highest BCUT2D eigenvalue weighted by Gasteiger charge is 2.14. The average Bonchev–Trinajstić information content (AvgIpc) is 2.36. The van der Waals surface area contributed by atoms with E-state index in [2.05, 4.69) is 10.6 Å². The Morgan fingerprint density at radius 1 is 1.32 bits per heavy atom. The third-order valence-electron chi connectivity index (χ3n) is 2.27. The smallest absolute Gasteiger partial charge is 0.334 e. The van der Waals surface area contributed by atoms with Crippen molar-refractivity contribution in [1.82, 2.24) is 5.32 Å². The molecule has 19 heavy (non-hydrogen) atoms. The van der Waals surface area contributed by atoms with E-state index in [1.807, 2.05) is 0 Å². The third-order valence-corrected chi connectivity index (χ3v) is 2.27. The van der Waals surface area contributed by atoms with Crippen LogP contribution in [0.4, 0.5) is 10.5 Å². The molecule has 102 valence electrons. The van der Waals surface area contributed by atoms with Crippen LogP contribution in [0.2, 0.25) is 0 Å². The topological polar surface area (TPSA) is 116 Å². The summed E-state index contributed by atoms with van der Waals surface area (Å²) in [5.74, 6) is -1.55. The lowest BCUT2D eigenvalue weighted by Gasteiger charge is -2.09. The van der Waals surface area contributed by atoms with Gasteiger partial charge >= 0.3 is 12.0 Å². The van der Waals surface area contributed by atoms with E-state index in [4.69, 9.17) is 10.2 Å². The molecule has 0 heterocycles. The van der Waals surface area contributed by atoms with Gasteiger partial charge in [-0.3, -0.25) is 4.79 Å². The Balaban J connectivity index is 2.55. The number of nitrogens with one attached hydrogen (secondary N) is 2. The molecule has 1 rings (SSSR count). The zero-order valence-corrected chi connectivity index (χ0v) is 10.2. The fourth-order valence-electron chi connectivity index (χ4n) is 1.27. The molecule has 0 aliphatic rings. The summed E-state index contributed by atoms with van der Waals surface area (Å²) in [6.45, 7) is 0.996. The number of benzene rings is 1. The molecular formula is C12H14N2O5. The summed E-state index contributed by atoms with van der Waals surface area (Å²) in [5.41, 5.74) is 0.846. The van der Waals surface area contributed by atoms with Crippen LogP contribution in [0.1, 0.15) is 17.3 Å². The van der Waals surface area contributed by atoms with Gasteiger partial charge in [0, 0.05) is 11.3 Å². The van der Waals surface area contributed by atoms with E-state index in [-0.39, 0.29) is 5.78 Å². The van der Waals surface area contributed by atoms with Gasteiger partial charge in [-0.2, -0.15) is 0 Å². The predicted octanol–water partition coefficient (Wildman–Crippen LogP) is 0.456. The second kappa shape index (κ2) is 6.50. The second-order valence-corrected chi connectivity index (χ2v) is 3.83. The molecule has 1 atom stereocenters. The quantitative estimate of drug-likeness (QED) is 0.578. The molecule has 0 aromatic heterocycles. The van der Waals surface area contributed by atoms with Crippen LogP contribution in [-0.4, -0.2) is 40.6 Å². The van der Waals surface area contributed by atoms with Crippen molar-refractivity contribution in [3.05, 3.63) is 29.8 Å². The maximum Gasteiger partial charge on any atom is 0.334 e. The first kappa shape index (κ1) is 14.7. The van der Waals surface area contributed by atoms with Gasteiger partial charge in [-0.1, -0.05) is 12.1 Å². The second-order valence-electron chi connectivity index (χ2n) is 3.83. The Kier molecular flexibility index (Phi) is 5.01. The Hall–Kier alpha value is -2.41. The third kappa shape index (κ3) is 4.76. The highest BCUT2D eigenvalue weighted by molar-refractivity contribution is 5.96. The van der Waals surface area contributed by atoms with Crippen LogP contribution in [0.3, 0.4) is 0 Å². The number of ketones is 1. The number of aliphatic carboxylic acids is 1. The Labute approximate surface area is 109 Å². The van der Waals surface area contributed by atoms with Crippen molar-refractivity contribution >= 4 is 23.5 Å². The molecule has 4 N–H and O–H groups in total. The molecule has 0 saturated heterocycles. The molecular weight excluding hydrogens is 252 g/mol. The summed E-state index contributed by atoms with van der Waals surface area (Å²) in [6, 6.07) is 5.63. The zero-order valence-electron chi connectivity index (χ0n) is 10.2. The molecule has 0 fully saturated rings. The first-order valence-electron chi connectivity index (χ1n) is 5.47. The van der Waals surface area contributed by atoms with Crippen LogP contribution in [0.15, 0.2) is 24.3 Å². The standard InChI is InChI=1S/C12H14N2O5/c1-7(15)8-3-2-4-9(5-8)14-12(19)13-6-10(16)11(17)18/h2-5,10,16H,6H2,1H3,(H,17,18)(H2,13,14,19)/t10-/m0/s1. The van der Waals surface area contributed by atoms with Crippen molar-refractivity contribution < 1.29 is 24.6 Å². The summed E-state index contributed by atoms with van der Waals surface area (Å²) in [6.07, 6.45) is -1.66. The molecule has 0 radical (unpaired) electrons. The molecule has 2 amide bonds. The monoisotopic (exact) mass is 266 g/mol. The maximum absolute atomic E-state index is 11.4. The average molecular weight is 266 g/mol. The first-order chi connectivity index (χ1) is 8.90. The van der Waals surface area contributed by atoms with Crippen LogP contribution in [-0.2, 0) is 4.79 Å². The van der Waals surface area contributed by atoms with Crippen LogP contribution in [0, 0.1) is 0 Å². The van der Waals surface area contributed by atoms with Gasteiger partial charge < -0.3 is 20.8 Å². The summed E-state index contributed by atoms with van der Waals surface area (Å²) in [5, 5.41) is 22.0. The fraction of sp³-hybridized carbons (Fsp3) is 0.250. The number of rotatable bonds is 5. The number of carbonyl (C=O) groups is 3. The van der Waals surface area contributed by atoms with Gasteiger partial charge in [0.25, 0.3) is 0 Å². The van der Waals surface area contributed by atoms with Gasteiger partial charge in [0.1, 0.15) is 0 Å². The highest BCUT2D eigenvalue weighted by Crippen LogP contribution is 2.10.